The predicted octanol–water partition coefficient (Wildman–Crippen LogP) is 7.06. The molecule has 3 heteroatoms. The molecule has 3 nitrogen and oxygen atoms in total. The van der Waals surface area contributed by atoms with Crippen LogP contribution in [0.4, 0.5) is 0 Å². The summed E-state index contributed by atoms with van der Waals surface area (Å²) in [6.07, 6.45) is 13.1. The minimum Gasteiger partial charge on any atom is -0.487 e. The largest absolute Gasteiger partial charge is 0.487 e. The summed E-state index contributed by atoms with van der Waals surface area (Å²) in [6.45, 7) is 15.2. The lowest BCUT2D eigenvalue weighted by Gasteiger charge is -2.11. The standard InChI is InChI=1S/C24H40O3/c1-8-26-23(24(25)27-9-2)22(7)18-12-17-21(6)16-11-15-20(5)14-10-13-19(3)4/h13,15,17H,8-12,14,16,18H2,1-7H3/b20-15+,21-17+,23-22+. The highest BCUT2D eigenvalue weighted by Gasteiger charge is 2.15. The fourth-order valence-electron chi connectivity index (χ4n) is 2.68. The molecule has 0 fully saturated rings. The first-order valence-corrected chi connectivity index (χ1v) is 10.3. The van der Waals surface area contributed by atoms with Crippen LogP contribution >= 0.6 is 0 Å². The average molecular weight is 377 g/mol. The lowest BCUT2D eigenvalue weighted by Crippen LogP contribution is -2.12. The average Bonchev–Trinajstić information content (AvgIpc) is 2.59. The van der Waals surface area contributed by atoms with Crippen molar-refractivity contribution >= 4 is 5.97 Å². The molecule has 0 aliphatic carbocycles. The Morgan fingerprint density at radius 2 is 1.19 bits per heavy atom. The fourth-order valence-corrected chi connectivity index (χ4v) is 2.68. The van der Waals surface area contributed by atoms with E-state index in [2.05, 4.69) is 45.9 Å². The quantitative estimate of drug-likeness (QED) is 0.149. The molecule has 0 aromatic rings. The molecule has 0 aliphatic rings. The van der Waals surface area contributed by atoms with Gasteiger partial charge in [0.05, 0.1) is 13.2 Å². The predicted molar refractivity (Wildman–Crippen MR) is 116 cm³/mol. The van der Waals surface area contributed by atoms with E-state index in [9.17, 15) is 4.79 Å². The number of hydrogen-bond donors (Lipinski definition) is 0. The van der Waals surface area contributed by atoms with Crippen LogP contribution in [-0.4, -0.2) is 19.2 Å². The molecule has 0 N–H and O–H groups in total. The molecule has 0 heterocycles. The summed E-state index contributed by atoms with van der Waals surface area (Å²) in [4.78, 5) is 12.0. The molecule has 0 aliphatic heterocycles. The Kier molecular flexibility index (Phi) is 14.3. The number of carbonyl (C=O) groups is 1. The highest BCUT2D eigenvalue weighted by atomic mass is 16.6. The summed E-state index contributed by atoms with van der Waals surface area (Å²) < 4.78 is 10.6. The smallest absolute Gasteiger partial charge is 0.373 e. The van der Waals surface area contributed by atoms with Crippen molar-refractivity contribution in [2.24, 2.45) is 0 Å². The van der Waals surface area contributed by atoms with E-state index in [1.165, 1.54) is 16.7 Å². The third-order valence-corrected chi connectivity index (χ3v) is 4.27. The maximum atomic E-state index is 12.0. The van der Waals surface area contributed by atoms with E-state index < -0.39 is 0 Å². The van der Waals surface area contributed by atoms with Crippen molar-refractivity contribution in [3.05, 3.63) is 46.3 Å². The summed E-state index contributed by atoms with van der Waals surface area (Å²) in [6, 6.07) is 0. The molecule has 27 heavy (non-hydrogen) atoms. The van der Waals surface area contributed by atoms with Gasteiger partial charge in [-0.25, -0.2) is 4.79 Å². The summed E-state index contributed by atoms with van der Waals surface area (Å²) in [5.74, 6) is 0.0200. The van der Waals surface area contributed by atoms with Crippen LogP contribution in [0, 0.1) is 0 Å². The van der Waals surface area contributed by atoms with E-state index in [1.54, 1.807) is 6.92 Å². The second kappa shape index (κ2) is 15.3. The van der Waals surface area contributed by atoms with Crippen LogP contribution in [0.1, 0.15) is 87.0 Å². The van der Waals surface area contributed by atoms with Crippen molar-refractivity contribution in [1.82, 2.24) is 0 Å². The number of rotatable bonds is 13. The van der Waals surface area contributed by atoms with E-state index in [4.69, 9.17) is 9.47 Å². The Labute approximate surface area is 167 Å². The topological polar surface area (TPSA) is 35.5 Å². The van der Waals surface area contributed by atoms with Gasteiger partial charge in [-0.3, -0.25) is 0 Å². The molecule has 0 saturated carbocycles. The highest BCUT2D eigenvalue weighted by Crippen LogP contribution is 2.17. The van der Waals surface area contributed by atoms with Gasteiger partial charge in [-0.15, -0.1) is 0 Å². The molecule has 0 rings (SSSR count). The lowest BCUT2D eigenvalue weighted by molar-refractivity contribution is -0.142. The van der Waals surface area contributed by atoms with E-state index >= 15 is 0 Å². The number of carbonyl (C=O) groups excluding carboxylic acids is 1. The Morgan fingerprint density at radius 1 is 0.704 bits per heavy atom. The van der Waals surface area contributed by atoms with Crippen molar-refractivity contribution in [3.8, 4) is 0 Å². The maximum absolute atomic E-state index is 12.0. The highest BCUT2D eigenvalue weighted by molar-refractivity contribution is 5.87. The third kappa shape index (κ3) is 13.1. The monoisotopic (exact) mass is 376 g/mol. The van der Waals surface area contributed by atoms with E-state index in [0.717, 1.165) is 44.1 Å². The van der Waals surface area contributed by atoms with Crippen LogP contribution in [0.2, 0.25) is 0 Å². The zero-order valence-electron chi connectivity index (χ0n) is 18.6. The van der Waals surface area contributed by atoms with Crippen molar-refractivity contribution in [2.75, 3.05) is 13.2 Å². The summed E-state index contributed by atoms with van der Waals surface area (Å²) in [5.41, 5.74) is 5.20. The summed E-state index contributed by atoms with van der Waals surface area (Å²) in [5, 5.41) is 0. The Morgan fingerprint density at radius 3 is 1.67 bits per heavy atom. The molecule has 0 radical (unpaired) electrons. The minimum absolute atomic E-state index is 0.355. The Balaban J connectivity index is 4.45. The molecule has 0 amide bonds. The zero-order valence-corrected chi connectivity index (χ0v) is 18.6. The minimum atomic E-state index is -0.355. The van der Waals surface area contributed by atoms with Crippen molar-refractivity contribution in [2.45, 2.75) is 87.0 Å². The van der Waals surface area contributed by atoms with Crippen LogP contribution in [0.15, 0.2) is 46.3 Å². The first-order chi connectivity index (χ1) is 12.8. The van der Waals surface area contributed by atoms with E-state index in [0.29, 0.717) is 19.0 Å². The molecule has 0 aromatic heterocycles. The van der Waals surface area contributed by atoms with Gasteiger partial charge in [0.2, 0.25) is 5.76 Å². The first kappa shape index (κ1) is 25.2. The number of allylic oxidation sites excluding steroid dienone is 7. The van der Waals surface area contributed by atoms with Crippen LogP contribution in [-0.2, 0) is 14.3 Å². The Bertz CT molecular complexity index is 558. The zero-order chi connectivity index (χ0) is 20.7. The van der Waals surface area contributed by atoms with Gasteiger partial charge in [0.1, 0.15) is 0 Å². The molecular weight excluding hydrogens is 336 g/mol. The number of esters is 1. The summed E-state index contributed by atoms with van der Waals surface area (Å²) >= 11 is 0. The van der Waals surface area contributed by atoms with Gasteiger partial charge in [-0.05, 0) is 92.6 Å². The number of ether oxygens (including phenoxy) is 2. The van der Waals surface area contributed by atoms with Crippen molar-refractivity contribution < 1.29 is 14.3 Å². The van der Waals surface area contributed by atoms with Gasteiger partial charge in [0.25, 0.3) is 0 Å². The summed E-state index contributed by atoms with van der Waals surface area (Å²) in [7, 11) is 0. The van der Waals surface area contributed by atoms with Gasteiger partial charge in [-0.2, -0.15) is 0 Å². The van der Waals surface area contributed by atoms with Crippen molar-refractivity contribution in [3.63, 3.8) is 0 Å². The van der Waals surface area contributed by atoms with Crippen LogP contribution in [0.3, 0.4) is 0 Å². The van der Waals surface area contributed by atoms with Crippen LogP contribution in [0.25, 0.3) is 0 Å². The molecule has 154 valence electrons. The molecule has 0 bridgehead atoms. The molecule has 0 unspecified atom stereocenters. The molecule has 0 atom stereocenters. The fraction of sp³-hybridized carbons (Fsp3) is 0.625. The van der Waals surface area contributed by atoms with Gasteiger partial charge < -0.3 is 9.47 Å². The second-order valence-electron chi connectivity index (χ2n) is 7.26. The maximum Gasteiger partial charge on any atom is 0.373 e. The van der Waals surface area contributed by atoms with Gasteiger partial charge in [0, 0.05) is 0 Å². The van der Waals surface area contributed by atoms with Crippen LogP contribution < -0.4 is 0 Å². The molecular formula is C24H40O3. The van der Waals surface area contributed by atoms with E-state index in [-0.39, 0.29) is 5.97 Å². The lowest BCUT2D eigenvalue weighted by atomic mass is 10.0. The molecule has 0 saturated heterocycles. The van der Waals surface area contributed by atoms with Gasteiger partial charge in [-0.1, -0.05) is 34.9 Å². The SMILES string of the molecule is CCOC(=O)/C(OCC)=C(/C)CC/C=C(\C)CC/C=C(\C)CCC=C(C)C. The first-order valence-electron chi connectivity index (χ1n) is 10.3. The van der Waals surface area contributed by atoms with E-state index in [1.807, 2.05) is 13.8 Å². The normalized spacial score (nSPS) is 13.1. The Hall–Kier alpha value is -1.77. The van der Waals surface area contributed by atoms with Gasteiger partial charge in [0.15, 0.2) is 0 Å². The third-order valence-electron chi connectivity index (χ3n) is 4.27. The van der Waals surface area contributed by atoms with Crippen LogP contribution in [0.5, 0.6) is 0 Å². The molecule has 0 aromatic carbocycles. The number of hydrogen-bond acceptors (Lipinski definition) is 3. The second-order valence-corrected chi connectivity index (χ2v) is 7.26. The van der Waals surface area contributed by atoms with Gasteiger partial charge >= 0.3 is 5.97 Å². The molecule has 0 spiro atoms. The van der Waals surface area contributed by atoms with Crippen molar-refractivity contribution in [1.29, 1.82) is 0 Å².